The van der Waals surface area contributed by atoms with Crippen molar-refractivity contribution in [1.29, 1.82) is 0 Å². The number of ether oxygens (including phenoxy) is 1. The molecular formula is C28H35F3N4O2. The number of aliphatic hydroxyl groups excluding tert-OH is 1. The highest BCUT2D eigenvalue weighted by molar-refractivity contribution is 5.85. The zero-order chi connectivity index (χ0) is 26.4. The number of nitrogens with zero attached hydrogens (tertiary/aromatic N) is 2. The number of fused-ring (bicyclic) bond motifs is 1. The van der Waals surface area contributed by atoms with Gasteiger partial charge >= 0.3 is 0 Å². The summed E-state index contributed by atoms with van der Waals surface area (Å²) in [5, 5.41) is 14.0. The molecule has 1 unspecified atom stereocenters. The zero-order valence-corrected chi connectivity index (χ0v) is 21.2. The first kappa shape index (κ1) is 27.2. The van der Waals surface area contributed by atoms with E-state index >= 15 is 4.39 Å². The topological polar surface area (TPSA) is 83.6 Å². The Morgan fingerprint density at radius 1 is 1.16 bits per heavy atom. The van der Waals surface area contributed by atoms with Gasteiger partial charge in [0.25, 0.3) is 0 Å². The van der Waals surface area contributed by atoms with Gasteiger partial charge in [0.05, 0.1) is 12.6 Å². The molecule has 0 bridgehead atoms. The molecule has 1 aromatic heterocycles. The van der Waals surface area contributed by atoms with Crippen molar-refractivity contribution in [3.63, 3.8) is 0 Å². The molecule has 3 aromatic rings. The first-order valence-electron chi connectivity index (χ1n) is 12.7. The lowest BCUT2D eigenvalue weighted by atomic mass is 9.74. The summed E-state index contributed by atoms with van der Waals surface area (Å²) in [6.07, 6.45) is 2.73. The van der Waals surface area contributed by atoms with Crippen molar-refractivity contribution in [2.75, 3.05) is 45.2 Å². The second-order valence-electron chi connectivity index (χ2n) is 9.88. The molecule has 6 nitrogen and oxygen atoms in total. The van der Waals surface area contributed by atoms with E-state index in [1.165, 1.54) is 12.1 Å². The predicted octanol–water partition coefficient (Wildman–Crippen LogP) is 4.96. The summed E-state index contributed by atoms with van der Waals surface area (Å²) in [6, 6.07) is 8.79. The van der Waals surface area contributed by atoms with Crippen LogP contribution in [0.3, 0.4) is 0 Å². The van der Waals surface area contributed by atoms with Gasteiger partial charge in [-0.3, -0.25) is 4.98 Å². The standard InChI is InChI=1S/C28H35F3N4O2/c1-37-23-2-3-26-24(15-23)27(19(16-32)17-34-26)25(31)4-5-28(18-36)6-9-35(10-7-28)11-8-33-22-13-20(29)12-21(30)14-22/h2-3,12-15,17,25,33,36H,4-11,16,18,32H2,1H3. The monoisotopic (exact) mass is 516 g/mol. The molecular weight excluding hydrogens is 481 g/mol. The van der Waals surface area contributed by atoms with Crippen molar-refractivity contribution in [1.82, 2.24) is 9.88 Å². The number of aliphatic hydroxyl groups is 1. The summed E-state index contributed by atoms with van der Waals surface area (Å²) in [5.74, 6) is -0.596. The van der Waals surface area contributed by atoms with Gasteiger partial charge in [0, 0.05) is 55.1 Å². The van der Waals surface area contributed by atoms with Crippen molar-refractivity contribution in [2.24, 2.45) is 11.1 Å². The van der Waals surface area contributed by atoms with Crippen molar-refractivity contribution in [3.05, 3.63) is 65.4 Å². The third kappa shape index (κ3) is 6.52. The number of alkyl halides is 1. The van der Waals surface area contributed by atoms with Crippen LogP contribution >= 0.6 is 0 Å². The third-order valence-corrected chi connectivity index (χ3v) is 7.53. The molecule has 1 aliphatic heterocycles. The molecule has 1 fully saturated rings. The van der Waals surface area contributed by atoms with E-state index in [1.807, 2.05) is 6.07 Å². The maximum absolute atomic E-state index is 15.8. The van der Waals surface area contributed by atoms with Gasteiger partial charge < -0.3 is 25.8 Å². The Bertz CT molecular complexity index is 1180. The molecule has 200 valence electrons. The molecule has 37 heavy (non-hydrogen) atoms. The van der Waals surface area contributed by atoms with Crippen LogP contribution in [0.1, 0.15) is 43.0 Å². The van der Waals surface area contributed by atoms with E-state index in [9.17, 15) is 13.9 Å². The molecule has 0 spiro atoms. The second kappa shape index (κ2) is 12.1. The summed E-state index contributed by atoms with van der Waals surface area (Å²) >= 11 is 0. The Balaban J connectivity index is 1.35. The molecule has 1 saturated heterocycles. The van der Waals surface area contributed by atoms with E-state index < -0.39 is 17.8 Å². The van der Waals surface area contributed by atoms with Crippen molar-refractivity contribution < 1.29 is 23.0 Å². The van der Waals surface area contributed by atoms with Gasteiger partial charge in [0.2, 0.25) is 0 Å². The number of nitrogens with two attached hydrogens (primary N) is 1. The van der Waals surface area contributed by atoms with Crippen LogP contribution in [-0.2, 0) is 6.54 Å². The maximum atomic E-state index is 15.8. The number of hydrogen-bond acceptors (Lipinski definition) is 6. The van der Waals surface area contributed by atoms with Gasteiger partial charge in [-0.25, -0.2) is 13.2 Å². The maximum Gasteiger partial charge on any atom is 0.128 e. The van der Waals surface area contributed by atoms with Crippen LogP contribution in [0, 0.1) is 17.0 Å². The van der Waals surface area contributed by atoms with Crippen LogP contribution in [-0.4, -0.2) is 54.9 Å². The fraction of sp³-hybridized carbons (Fsp3) is 0.464. The second-order valence-corrected chi connectivity index (χ2v) is 9.88. The number of nitrogens with one attached hydrogen (secondary N) is 1. The number of piperidine rings is 1. The minimum atomic E-state index is -1.24. The van der Waals surface area contributed by atoms with E-state index in [0.717, 1.165) is 32.0 Å². The van der Waals surface area contributed by atoms with Crippen LogP contribution in [0.4, 0.5) is 18.9 Å². The number of benzene rings is 2. The molecule has 2 heterocycles. The van der Waals surface area contributed by atoms with Gasteiger partial charge in [0.1, 0.15) is 23.6 Å². The highest BCUT2D eigenvalue weighted by Crippen LogP contribution is 2.41. The van der Waals surface area contributed by atoms with Crippen LogP contribution < -0.4 is 15.8 Å². The number of pyridine rings is 1. The molecule has 1 atom stereocenters. The Labute approximate surface area is 215 Å². The van der Waals surface area contributed by atoms with Crippen molar-refractivity contribution in [2.45, 2.75) is 38.4 Å². The van der Waals surface area contributed by atoms with Gasteiger partial charge in [-0.15, -0.1) is 0 Å². The molecule has 1 aliphatic rings. The quantitative estimate of drug-likeness (QED) is 0.334. The fourth-order valence-corrected chi connectivity index (χ4v) is 5.22. The van der Waals surface area contributed by atoms with Crippen LogP contribution in [0.2, 0.25) is 0 Å². The summed E-state index contributed by atoms with van der Waals surface area (Å²) in [7, 11) is 1.57. The molecule has 0 saturated carbocycles. The van der Waals surface area contributed by atoms with Crippen LogP contribution in [0.5, 0.6) is 5.75 Å². The van der Waals surface area contributed by atoms with Crippen molar-refractivity contribution >= 4 is 16.6 Å². The molecule has 2 aromatic carbocycles. The van der Waals surface area contributed by atoms with Gasteiger partial charge in [-0.1, -0.05) is 0 Å². The van der Waals surface area contributed by atoms with Gasteiger partial charge in [-0.05, 0) is 80.1 Å². The van der Waals surface area contributed by atoms with E-state index in [4.69, 9.17) is 10.5 Å². The molecule has 9 heteroatoms. The number of hydrogen-bond donors (Lipinski definition) is 3. The fourth-order valence-electron chi connectivity index (χ4n) is 5.22. The molecule has 0 aliphatic carbocycles. The zero-order valence-electron chi connectivity index (χ0n) is 21.2. The smallest absolute Gasteiger partial charge is 0.128 e. The van der Waals surface area contributed by atoms with Crippen LogP contribution in [0.15, 0.2) is 42.6 Å². The summed E-state index contributed by atoms with van der Waals surface area (Å²) in [6.45, 7) is 2.97. The molecule has 0 radical (unpaired) electrons. The first-order chi connectivity index (χ1) is 17.9. The SMILES string of the molecule is COc1ccc2ncc(CN)c(C(F)CCC3(CO)CCN(CCNc4cc(F)cc(F)c4)CC3)c2c1. The van der Waals surface area contributed by atoms with Gasteiger partial charge in [-0.2, -0.15) is 0 Å². The van der Waals surface area contributed by atoms with E-state index in [0.29, 0.717) is 53.0 Å². The number of methoxy groups -OCH3 is 1. The average molecular weight is 517 g/mol. The van der Waals surface area contributed by atoms with Crippen LogP contribution in [0.25, 0.3) is 10.9 Å². The highest BCUT2D eigenvalue weighted by atomic mass is 19.1. The minimum absolute atomic E-state index is 0.00302. The lowest BCUT2D eigenvalue weighted by molar-refractivity contribution is 0.0315. The Hall–Kier alpha value is -2.88. The summed E-state index contributed by atoms with van der Waals surface area (Å²) in [5.41, 5.74) is 7.90. The molecule has 0 amide bonds. The summed E-state index contributed by atoms with van der Waals surface area (Å²) in [4.78, 5) is 6.67. The first-order valence-corrected chi connectivity index (χ1v) is 12.7. The van der Waals surface area contributed by atoms with E-state index in [-0.39, 0.29) is 25.0 Å². The molecule has 4 rings (SSSR count). The lowest BCUT2D eigenvalue weighted by Gasteiger charge is -2.41. The largest absolute Gasteiger partial charge is 0.497 e. The average Bonchev–Trinajstić information content (AvgIpc) is 2.91. The van der Waals surface area contributed by atoms with E-state index in [1.54, 1.807) is 25.4 Å². The number of anilines is 1. The van der Waals surface area contributed by atoms with E-state index in [2.05, 4.69) is 15.2 Å². The number of rotatable bonds is 11. The Morgan fingerprint density at radius 2 is 1.89 bits per heavy atom. The highest BCUT2D eigenvalue weighted by Gasteiger charge is 2.35. The number of halogens is 3. The van der Waals surface area contributed by atoms with Crippen molar-refractivity contribution in [3.8, 4) is 5.75 Å². The third-order valence-electron chi connectivity index (χ3n) is 7.53. The lowest BCUT2D eigenvalue weighted by Crippen LogP contribution is -2.43. The Kier molecular flexibility index (Phi) is 8.89. The predicted molar refractivity (Wildman–Crippen MR) is 139 cm³/mol. The number of likely N-dealkylation sites (tertiary alicyclic amines) is 1. The summed E-state index contributed by atoms with van der Waals surface area (Å²) < 4.78 is 47.9. The minimum Gasteiger partial charge on any atom is -0.497 e. The molecule has 4 N–H and O–H groups in total. The Morgan fingerprint density at radius 3 is 2.54 bits per heavy atom. The normalized spacial score (nSPS) is 16.6. The van der Waals surface area contributed by atoms with Gasteiger partial charge in [0.15, 0.2) is 0 Å². The number of aromatic nitrogens is 1.